The average molecular weight is 393 g/mol. The summed E-state index contributed by atoms with van der Waals surface area (Å²) >= 11 is 0. The van der Waals surface area contributed by atoms with Crippen LogP contribution in [0.4, 0.5) is 0 Å². The largest absolute Gasteiger partial charge is 0.493 e. The fraction of sp³-hybridized carbons (Fsp3) is 0.364. The van der Waals surface area contributed by atoms with Crippen LogP contribution in [-0.4, -0.2) is 32.7 Å². The Morgan fingerprint density at radius 1 is 1.10 bits per heavy atom. The summed E-state index contributed by atoms with van der Waals surface area (Å²) in [4.78, 5) is 13.7. The number of tetrazole rings is 1. The van der Waals surface area contributed by atoms with Gasteiger partial charge in [0.1, 0.15) is 5.75 Å². The fourth-order valence-corrected chi connectivity index (χ4v) is 2.75. The summed E-state index contributed by atoms with van der Waals surface area (Å²) in [7, 11) is 0. The SMILES string of the molecule is CC(C)COc1ccccc1CNC(=O)CCCn1nnc(-c2ccccc2)n1. The normalized spacial score (nSPS) is 10.9. The summed E-state index contributed by atoms with van der Waals surface area (Å²) in [5.41, 5.74) is 1.90. The Morgan fingerprint density at radius 2 is 1.86 bits per heavy atom. The van der Waals surface area contributed by atoms with Crippen molar-refractivity contribution >= 4 is 5.91 Å². The molecule has 0 bridgehead atoms. The third-order valence-electron chi connectivity index (χ3n) is 4.27. The zero-order valence-electron chi connectivity index (χ0n) is 16.9. The van der Waals surface area contributed by atoms with E-state index in [1.807, 2.05) is 54.6 Å². The summed E-state index contributed by atoms with van der Waals surface area (Å²) in [5.74, 6) is 1.85. The summed E-state index contributed by atoms with van der Waals surface area (Å²) < 4.78 is 5.83. The Labute approximate surface area is 171 Å². The molecule has 3 aromatic rings. The number of hydrogen-bond donors (Lipinski definition) is 1. The zero-order chi connectivity index (χ0) is 20.5. The standard InChI is InChI=1S/C22H27N5O2/c1-17(2)16-29-20-12-7-6-11-19(20)15-23-21(28)13-8-14-27-25-22(24-26-27)18-9-4-3-5-10-18/h3-7,9-12,17H,8,13-16H2,1-2H3,(H,23,28). The molecule has 29 heavy (non-hydrogen) atoms. The molecule has 0 aliphatic carbocycles. The number of carbonyl (C=O) groups is 1. The first-order chi connectivity index (χ1) is 14.1. The molecule has 7 nitrogen and oxygen atoms in total. The monoisotopic (exact) mass is 393 g/mol. The molecule has 3 rings (SSSR count). The average Bonchev–Trinajstić information content (AvgIpc) is 3.21. The fourth-order valence-electron chi connectivity index (χ4n) is 2.75. The molecular weight excluding hydrogens is 366 g/mol. The van der Waals surface area contributed by atoms with Gasteiger partial charge in [-0.3, -0.25) is 4.79 Å². The first kappa shape index (κ1) is 20.5. The maximum Gasteiger partial charge on any atom is 0.220 e. The van der Waals surface area contributed by atoms with Gasteiger partial charge in [0.05, 0.1) is 13.2 Å². The van der Waals surface area contributed by atoms with Crippen LogP contribution >= 0.6 is 0 Å². The molecule has 0 radical (unpaired) electrons. The van der Waals surface area contributed by atoms with E-state index in [1.54, 1.807) is 0 Å². The lowest BCUT2D eigenvalue weighted by Gasteiger charge is -2.13. The first-order valence-corrected chi connectivity index (χ1v) is 9.92. The summed E-state index contributed by atoms with van der Waals surface area (Å²) in [6, 6.07) is 17.5. The number of nitrogens with one attached hydrogen (secondary N) is 1. The van der Waals surface area contributed by atoms with E-state index in [4.69, 9.17) is 4.74 Å². The molecule has 7 heteroatoms. The van der Waals surface area contributed by atoms with E-state index in [-0.39, 0.29) is 5.91 Å². The highest BCUT2D eigenvalue weighted by Crippen LogP contribution is 2.18. The van der Waals surface area contributed by atoms with Gasteiger partial charge in [0.25, 0.3) is 0 Å². The van der Waals surface area contributed by atoms with E-state index in [1.165, 1.54) is 4.80 Å². The van der Waals surface area contributed by atoms with Gasteiger partial charge >= 0.3 is 0 Å². The van der Waals surface area contributed by atoms with Gasteiger partial charge in [0, 0.05) is 24.1 Å². The molecule has 1 aromatic heterocycles. The van der Waals surface area contributed by atoms with E-state index in [0.717, 1.165) is 16.9 Å². The highest BCUT2D eigenvalue weighted by molar-refractivity contribution is 5.75. The molecule has 0 aliphatic rings. The first-order valence-electron chi connectivity index (χ1n) is 9.92. The van der Waals surface area contributed by atoms with Crippen molar-refractivity contribution in [2.45, 2.75) is 39.8 Å². The predicted molar refractivity (Wildman–Crippen MR) is 111 cm³/mol. The smallest absolute Gasteiger partial charge is 0.220 e. The molecule has 0 saturated heterocycles. The number of nitrogens with zero attached hydrogens (tertiary/aromatic N) is 4. The van der Waals surface area contributed by atoms with E-state index < -0.39 is 0 Å². The van der Waals surface area contributed by atoms with E-state index in [0.29, 0.717) is 44.3 Å². The number of amides is 1. The highest BCUT2D eigenvalue weighted by Gasteiger charge is 2.08. The van der Waals surface area contributed by atoms with Crippen molar-refractivity contribution in [2.75, 3.05) is 6.61 Å². The highest BCUT2D eigenvalue weighted by atomic mass is 16.5. The lowest BCUT2D eigenvalue weighted by Crippen LogP contribution is -2.23. The lowest BCUT2D eigenvalue weighted by atomic mass is 10.2. The third kappa shape index (κ3) is 6.41. The van der Waals surface area contributed by atoms with Crippen LogP contribution in [0, 0.1) is 5.92 Å². The minimum absolute atomic E-state index is 0.00735. The minimum Gasteiger partial charge on any atom is -0.493 e. The second-order valence-electron chi connectivity index (χ2n) is 7.27. The molecular formula is C22H27N5O2. The van der Waals surface area contributed by atoms with Crippen molar-refractivity contribution in [3.8, 4) is 17.1 Å². The van der Waals surface area contributed by atoms with Gasteiger partial charge in [-0.1, -0.05) is 62.4 Å². The molecule has 0 unspecified atom stereocenters. The van der Waals surface area contributed by atoms with Crippen LogP contribution in [-0.2, 0) is 17.9 Å². The molecule has 0 atom stereocenters. The van der Waals surface area contributed by atoms with Crippen molar-refractivity contribution in [1.29, 1.82) is 0 Å². The molecule has 1 N–H and O–H groups in total. The number of hydrogen-bond acceptors (Lipinski definition) is 5. The van der Waals surface area contributed by atoms with Gasteiger partial charge in [0.15, 0.2) is 0 Å². The Morgan fingerprint density at radius 3 is 2.66 bits per heavy atom. The molecule has 0 aliphatic heterocycles. The molecule has 1 amide bonds. The summed E-state index contributed by atoms with van der Waals surface area (Å²) in [6.45, 7) is 5.86. The van der Waals surface area contributed by atoms with Gasteiger partial charge in [-0.2, -0.15) is 4.80 Å². The second-order valence-corrected chi connectivity index (χ2v) is 7.27. The van der Waals surface area contributed by atoms with Crippen LogP contribution < -0.4 is 10.1 Å². The lowest BCUT2D eigenvalue weighted by molar-refractivity contribution is -0.121. The topological polar surface area (TPSA) is 81.9 Å². The molecule has 0 fully saturated rings. The van der Waals surface area contributed by atoms with Crippen LogP contribution in [0.1, 0.15) is 32.3 Å². The van der Waals surface area contributed by atoms with E-state index >= 15 is 0 Å². The number of benzene rings is 2. The number of ether oxygens (including phenoxy) is 1. The maximum absolute atomic E-state index is 12.2. The van der Waals surface area contributed by atoms with Gasteiger partial charge < -0.3 is 10.1 Å². The van der Waals surface area contributed by atoms with E-state index in [9.17, 15) is 4.79 Å². The van der Waals surface area contributed by atoms with Crippen molar-refractivity contribution in [3.63, 3.8) is 0 Å². The summed E-state index contributed by atoms with van der Waals surface area (Å²) in [5, 5.41) is 15.4. The maximum atomic E-state index is 12.2. The van der Waals surface area contributed by atoms with Crippen molar-refractivity contribution in [1.82, 2.24) is 25.5 Å². The predicted octanol–water partition coefficient (Wildman–Crippen LogP) is 3.47. The molecule has 2 aromatic carbocycles. The Balaban J connectivity index is 1.43. The minimum atomic E-state index is -0.00735. The summed E-state index contributed by atoms with van der Waals surface area (Å²) in [6.07, 6.45) is 1.04. The van der Waals surface area contributed by atoms with Crippen molar-refractivity contribution < 1.29 is 9.53 Å². The van der Waals surface area contributed by atoms with Gasteiger partial charge in [-0.15, -0.1) is 10.2 Å². The van der Waals surface area contributed by atoms with Crippen LogP contribution in [0.3, 0.4) is 0 Å². The molecule has 0 saturated carbocycles. The Hall–Kier alpha value is -3.22. The molecule has 1 heterocycles. The van der Waals surface area contributed by atoms with Crippen molar-refractivity contribution in [2.24, 2.45) is 5.92 Å². The number of carbonyl (C=O) groups excluding carboxylic acids is 1. The third-order valence-corrected chi connectivity index (χ3v) is 4.27. The zero-order valence-corrected chi connectivity index (χ0v) is 16.9. The second kappa shape index (κ2) is 10.4. The Kier molecular flexibility index (Phi) is 7.33. The molecule has 0 spiro atoms. The van der Waals surface area contributed by atoms with E-state index in [2.05, 4.69) is 34.6 Å². The Bertz CT molecular complexity index is 908. The number of rotatable bonds is 10. The van der Waals surface area contributed by atoms with Crippen LogP contribution in [0.5, 0.6) is 5.75 Å². The van der Waals surface area contributed by atoms with Crippen LogP contribution in [0.15, 0.2) is 54.6 Å². The van der Waals surface area contributed by atoms with Crippen LogP contribution in [0.2, 0.25) is 0 Å². The van der Waals surface area contributed by atoms with Gasteiger partial charge in [-0.25, -0.2) is 0 Å². The molecule has 152 valence electrons. The van der Waals surface area contributed by atoms with Crippen molar-refractivity contribution in [3.05, 3.63) is 60.2 Å². The van der Waals surface area contributed by atoms with Crippen LogP contribution in [0.25, 0.3) is 11.4 Å². The van der Waals surface area contributed by atoms with Gasteiger partial charge in [0.2, 0.25) is 11.7 Å². The number of aromatic nitrogens is 4. The number of para-hydroxylation sites is 1. The van der Waals surface area contributed by atoms with Gasteiger partial charge in [-0.05, 0) is 23.6 Å². The number of aryl methyl sites for hydroxylation is 1. The quantitative estimate of drug-likeness (QED) is 0.570.